The Bertz CT molecular complexity index is 572. The lowest BCUT2D eigenvalue weighted by Gasteiger charge is -2.19. The van der Waals surface area contributed by atoms with E-state index >= 15 is 0 Å². The van der Waals surface area contributed by atoms with Crippen LogP contribution in [0.5, 0.6) is 0 Å². The summed E-state index contributed by atoms with van der Waals surface area (Å²) < 4.78 is 2.07. The van der Waals surface area contributed by atoms with Crippen molar-refractivity contribution in [3.8, 4) is 0 Å². The van der Waals surface area contributed by atoms with E-state index in [0.29, 0.717) is 0 Å². The van der Waals surface area contributed by atoms with Gasteiger partial charge in [0.1, 0.15) is 0 Å². The van der Waals surface area contributed by atoms with E-state index in [-0.39, 0.29) is 6.04 Å². The van der Waals surface area contributed by atoms with Crippen molar-refractivity contribution in [3.63, 3.8) is 0 Å². The molecule has 1 atom stereocenters. The molecule has 3 nitrogen and oxygen atoms in total. The number of nitrogens with zero attached hydrogens (tertiary/aromatic N) is 1. The van der Waals surface area contributed by atoms with Gasteiger partial charge in [-0.1, -0.05) is 28.1 Å². The Morgan fingerprint density at radius 1 is 1.32 bits per heavy atom. The molecule has 0 bridgehead atoms. The van der Waals surface area contributed by atoms with Crippen molar-refractivity contribution in [1.82, 2.24) is 10.4 Å². The van der Waals surface area contributed by atoms with Crippen LogP contribution in [0.15, 0.2) is 45.6 Å². The monoisotopic (exact) mass is 383 g/mol. The summed E-state index contributed by atoms with van der Waals surface area (Å²) in [6, 6.07) is 8.28. The molecule has 1 aromatic heterocycles. The highest BCUT2D eigenvalue weighted by atomic mass is 79.9. The molecule has 0 radical (unpaired) electrons. The van der Waals surface area contributed by atoms with Crippen molar-refractivity contribution in [2.45, 2.75) is 19.4 Å². The average molecular weight is 385 g/mol. The van der Waals surface area contributed by atoms with Gasteiger partial charge in [-0.2, -0.15) is 0 Å². The molecule has 1 unspecified atom stereocenters. The summed E-state index contributed by atoms with van der Waals surface area (Å²) in [6.07, 6.45) is 4.43. The summed E-state index contributed by atoms with van der Waals surface area (Å²) in [5, 5.41) is 0. The molecule has 0 fully saturated rings. The first-order chi connectivity index (χ1) is 9.11. The molecule has 0 saturated carbocycles. The smallest absolute Gasteiger partial charge is 0.0503 e. The first-order valence-electron chi connectivity index (χ1n) is 5.92. The van der Waals surface area contributed by atoms with Gasteiger partial charge in [-0.05, 0) is 58.1 Å². The fourth-order valence-electron chi connectivity index (χ4n) is 2.06. The molecule has 0 amide bonds. The number of hydrazine groups is 1. The van der Waals surface area contributed by atoms with E-state index in [2.05, 4.69) is 61.3 Å². The second-order valence-electron chi connectivity index (χ2n) is 4.39. The number of halogens is 2. The topological polar surface area (TPSA) is 50.9 Å². The standard InChI is InChI=1S/C14H15Br2N3/c1-9-12(3-2-4-13(9)16)14(19-17)6-10-5-11(15)8-18-7-10/h2-5,7-8,14,19H,6,17H2,1H3. The van der Waals surface area contributed by atoms with Gasteiger partial charge in [-0.15, -0.1) is 0 Å². The molecule has 5 heteroatoms. The maximum absolute atomic E-state index is 5.71. The lowest BCUT2D eigenvalue weighted by molar-refractivity contribution is 0.548. The highest BCUT2D eigenvalue weighted by molar-refractivity contribution is 9.10. The summed E-state index contributed by atoms with van der Waals surface area (Å²) in [7, 11) is 0. The van der Waals surface area contributed by atoms with E-state index in [1.165, 1.54) is 11.1 Å². The summed E-state index contributed by atoms with van der Waals surface area (Å²) in [4.78, 5) is 4.18. The Hall–Kier alpha value is -0.750. The van der Waals surface area contributed by atoms with Gasteiger partial charge in [-0.25, -0.2) is 0 Å². The highest BCUT2D eigenvalue weighted by Crippen LogP contribution is 2.26. The molecule has 1 aromatic carbocycles. The number of pyridine rings is 1. The quantitative estimate of drug-likeness (QED) is 0.624. The van der Waals surface area contributed by atoms with Crippen LogP contribution in [-0.2, 0) is 6.42 Å². The van der Waals surface area contributed by atoms with Gasteiger partial charge < -0.3 is 0 Å². The molecule has 0 aliphatic heterocycles. The molecular weight excluding hydrogens is 370 g/mol. The van der Waals surface area contributed by atoms with Crippen LogP contribution in [0, 0.1) is 6.92 Å². The van der Waals surface area contributed by atoms with Gasteiger partial charge in [0.2, 0.25) is 0 Å². The van der Waals surface area contributed by atoms with E-state index in [0.717, 1.165) is 20.9 Å². The third kappa shape index (κ3) is 3.63. The molecule has 1 heterocycles. The fraction of sp³-hybridized carbons (Fsp3) is 0.214. The molecule has 19 heavy (non-hydrogen) atoms. The first kappa shape index (κ1) is 14.7. The van der Waals surface area contributed by atoms with Gasteiger partial charge in [0, 0.05) is 21.3 Å². The lowest BCUT2D eigenvalue weighted by Crippen LogP contribution is -2.30. The van der Waals surface area contributed by atoms with Crippen molar-refractivity contribution in [3.05, 3.63) is 62.3 Å². The minimum absolute atomic E-state index is 0.0635. The number of hydrogen-bond acceptors (Lipinski definition) is 3. The number of rotatable bonds is 4. The van der Waals surface area contributed by atoms with Gasteiger partial charge in [0.15, 0.2) is 0 Å². The van der Waals surface area contributed by atoms with Crippen molar-refractivity contribution in [1.29, 1.82) is 0 Å². The summed E-state index contributed by atoms with van der Waals surface area (Å²) in [5.41, 5.74) is 6.42. The van der Waals surface area contributed by atoms with Crippen LogP contribution in [0.25, 0.3) is 0 Å². The van der Waals surface area contributed by atoms with Crippen LogP contribution in [0.3, 0.4) is 0 Å². The largest absolute Gasteiger partial charge is 0.271 e. The second kappa shape index (κ2) is 6.61. The summed E-state index contributed by atoms with van der Waals surface area (Å²) in [6.45, 7) is 2.09. The molecule has 2 aromatic rings. The number of hydrogen-bond donors (Lipinski definition) is 2. The van der Waals surface area contributed by atoms with E-state index in [4.69, 9.17) is 5.84 Å². The third-order valence-electron chi connectivity index (χ3n) is 3.09. The van der Waals surface area contributed by atoms with Crippen LogP contribution in [-0.4, -0.2) is 4.98 Å². The zero-order valence-electron chi connectivity index (χ0n) is 10.5. The lowest BCUT2D eigenvalue weighted by atomic mass is 9.96. The van der Waals surface area contributed by atoms with E-state index in [9.17, 15) is 0 Å². The predicted molar refractivity (Wildman–Crippen MR) is 84.6 cm³/mol. The SMILES string of the molecule is Cc1c(Br)cccc1C(Cc1cncc(Br)c1)NN. The van der Waals surface area contributed by atoms with Gasteiger partial charge in [0.05, 0.1) is 6.04 Å². The van der Waals surface area contributed by atoms with E-state index in [1.54, 1.807) is 6.20 Å². The van der Waals surface area contributed by atoms with Crippen LogP contribution < -0.4 is 11.3 Å². The normalized spacial score (nSPS) is 12.4. The van der Waals surface area contributed by atoms with Gasteiger partial charge in [0.25, 0.3) is 0 Å². The Labute approximate surface area is 129 Å². The Morgan fingerprint density at radius 2 is 2.11 bits per heavy atom. The number of benzene rings is 1. The number of nitrogens with two attached hydrogens (primary N) is 1. The summed E-state index contributed by atoms with van der Waals surface area (Å²) in [5.74, 6) is 5.71. The molecule has 0 saturated heterocycles. The predicted octanol–water partition coefficient (Wildman–Crippen LogP) is 3.66. The minimum atomic E-state index is 0.0635. The van der Waals surface area contributed by atoms with Crippen molar-refractivity contribution in [2.24, 2.45) is 5.84 Å². The van der Waals surface area contributed by atoms with Crippen LogP contribution in [0.1, 0.15) is 22.7 Å². The molecule has 0 aliphatic carbocycles. The second-order valence-corrected chi connectivity index (χ2v) is 6.16. The molecular formula is C14H15Br2N3. The highest BCUT2D eigenvalue weighted by Gasteiger charge is 2.14. The maximum atomic E-state index is 5.71. The van der Waals surface area contributed by atoms with Crippen LogP contribution >= 0.6 is 31.9 Å². The maximum Gasteiger partial charge on any atom is 0.0503 e. The van der Waals surface area contributed by atoms with E-state index in [1.807, 2.05) is 18.3 Å². The molecule has 100 valence electrons. The fourth-order valence-corrected chi connectivity index (χ4v) is 2.86. The van der Waals surface area contributed by atoms with Crippen LogP contribution in [0.2, 0.25) is 0 Å². The van der Waals surface area contributed by atoms with Crippen molar-refractivity contribution in [2.75, 3.05) is 0 Å². The number of aromatic nitrogens is 1. The zero-order chi connectivity index (χ0) is 13.8. The van der Waals surface area contributed by atoms with E-state index < -0.39 is 0 Å². The van der Waals surface area contributed by atoms with Crippen molar-refractivity contribution >= 4 is 31.9 Å². The van der Waals surface area contributed by atoms with Gasteiger partial charge in [-0.3, -0.25) is 16.3 Å². The molecule has 3 N–H and O–H groups in total. The molecule has 0 aliphatic rings. The van der Waals surface area contributed by atoms with Crippen LogP contribution in [0.4, 0.5) is 0 Å². The van der Waals surface area contributed by atoms with Gasteiger partial charge >= 0.3 is 0 Å². The first-order valence-corrected chi connectivity index (χ1v) is 7.51. The zero-order valence-corrected chi connectivity index (χ0v) is 13.7. The molecule has 2 rings (SSSR count). The Morgan fingerprint density at radius 3 is 2.79 bits per heavy atom. The third-order valence-corrected chi connectivity index (χ3v) is 4.38. The van der Waals surface area contributed by atoms with Crippen molar-refractivity contribution < 1.29 is 0 Å². The minimum Gasteiger partial charge on any atom is -0.271 e. The Kier molecular flexibility index (Phi) is 5.10. The number of nitrogens with one attached hydrogen (secondary N) is 1. The summed E-state index contributed by atoms with van der Waals surface area (Å²) >= 11 is 6.99. The molecule has 0 spiro atoms. The Balaban J connectivity index is 2.28. The average Bonchev–Trinajstić information content (AvgIpc) is 2.40.